The van der Waals surface area contributed by atoms with Gasteiger partial charge in [0.1, 0.15) is 0 Å². The highest BCUT2D eigenvalue weighted by atomic mass is 16.5. The minimum absolute atomic E-state index is 0.319. The number of ether oxygens (including phenoxy) is 2. The van der Waals surface area contributed by atoms with Crippen LogP contribution in [0.4, 0.5) is 0 Å². The van der Waals surface area contributed by atoms with Crippen LogP contribution in [0.2, 0.25) is 0 Å². The van der Waals surface area contributed by atoms with Crippen molar-refractivity contribution >= 4 is 0 Å². The summed E-state index contributed by atoms with van der Waals surface area (Å²) in [4.78, 5) is 2.40. The standard InChI is InChI=1S/C13H26N2O2/c1-14-9-12-5-6-13(17-12)10-16-8-7-15(2)11-3-4-11/h11-14H,3-10H2,1-2H3. The third-order valence-electron chi connectivity index (χ3n) is 3.69. The summed E-state index contributed by atoms with van der Waals surface area (Å²) in [5, 5.41) is 3.16. The molecule has 0 bridgehead atoms. The molecule has 0 aromatic carbocycles. The Kier molecular flexibility index (Phi) is 5.22. The Morgan fingerprint density at radius 3 is 2.71 bits per heavy atom. The number of hydrogen-bond donors (Lipinski definition) is 1. The maximum absolute atomic E-state index is 5.87. The highest BCUT2D eigenvalue weighted by Gasteiger charge is 2.26. The molecule has 2 aliphatic rings. The number of rotatable bonds is 8. The summed E-state index contributed by atoms with van der Waals surface area (Å²) in [6, 6.07) is 0.835. The van der Waals surface area contributed by atoms with Crippen LogP contribution in [-0.4, -0.2) is 63.5 Å². The van der Waals surface area contributed by atoms with Crippen LogP contribution in [-0.2, 0) is 9.47 Å². The summed E-state index contributed by atoms with van der Waals surface area (Å²) in [5.41, 5.74) is 0. The molecule has 0 spiro atoms. The topological polar surface area (TPSA) is 33.7 Å². The van der Waals surface area contributed by atoms with Crippen molar-refractivity contribution in [3.8, 4) is 0 Å². The van der Waals surface area contributed by atoms with E-state index >= 15 is 0 Å². The van der Waals surface area contributed by atoms with Gasteiger partial charge in [0.15, 0.2) is 0 Å². The molecule has 0 amide bonds. The molecule has 1 heterocycles. The zero-order chi connectivity index (χ0) is 12.1. The highest BCUT2D eigenvalue weighted by Crippen LogP contribution is 2.24. The Bertz CT molecular complexity index is 221. The second-order valence-corrected chi connectivity index (χ2v) is 5.30. The lowest BCUT2D eigenvalue weighted by Crippen LogP contribution is -2.28. The lowest BCUT2D eigenvalue weighted by atomic mass is 10.2. The highest BCUT2D eigenvalue weighted by molar-refractivity contribution is 4.82. The number of nitrogens with one attached hydrogen (secondary N) is 1. The van der Waals surface area contributed by atoms with E-state index in [1.54, 1.807) is 0 Å². The lowest BCUT2D eigenvalue weighted by molar-refractivity contribution is -0.0170. The summed E-state index contributed by atoms with van der Waals surface area (Å²) in [7, 11) is 4.16. The first-order valence-electron chi connectivity index (χ1n) is 6.87. The van der Waals surface area contributed by atoms with E-state index in [1.165, 1.54) is 12.8 Å². The Hall–Kier alpha value is -0.160. The third kappa shape index (κ3) is 4.54. The normalized spacial score (nSPS) is 29.1. The fourth-order valence-electron chi connectivity index (χ4n) is 2.40. The predicted octanol–water partition coefficient (Wildman–Crippen LogP) is 0.864. The third-order valence-corrected chi connectivity index (χ3v) is 3.69. The SMILES string of the molecule is CNCC1CCC(COCCN(C)C2CC2)O1. The van der Waals surface area contributed by atoms with Crippen molar-refractivity contribution < 1.29 is 9.47 Å². The van der Waals surface area contributed by atoms with E-state index in [2.05, 4.69) is 17.3 Å². The first-order chi connectivity index (χ1) is 8.29. The predicted molar refractivity (Wildman–Crippen MR) is 68.3 cm³/mol. The Morgan fingerprint density at radius 1 is 1.24 bits per heavy atom. The summed E-state index contributed by atoms with van der Waals surface area (Å²) in [6.45, 7) is 3.61. The maximum atomic E-state index is 5.87. The Balaban J connectivity index is 1.48. The van der Waals surface area contributed by atoms with Gasteiger partial charge in [-0.25, -0.2) is 0 Å². The number of hydrogen-bond acceptors (Lipinski definition) is 4. The van der Waals surface area contributed by atoms with Crippen molar-refractivity contribution in [3.63, 3.8) is 0 Å². The van der Waals surface area contributed by atoms with Gasteiger partial charge in [-0.2, -0.15) is 0 Å². The average Bonchev–Trinajstić information content (AvgIpc) is 3.08. The molecule has 1 saturated heterocycles. The van der Waals surface area contributed by atoms with Crippen molar-refractivity contribution in [1.82, 2.24) is 10.2 Å². The largest absolute Gasteiger partial charge is 0.377 e. The van der Waals surface area contributed by atoms with Gasteiger partial charge in [0.2, 0.25) is 0 Å². The van der Waals surface area contributed by atoms with Gasteiger partial charge in [0, 0.05) is 19.1 Å². The van der Waals surface area contributed by atoms with Crippen molar-refractivity contribution in [2.24, 2.45) is 0 Å². The summed E-state index contributed by atoms with van der Waals surface area (Å²) in [6.07, 6.45) is 5.76. The second kappa shape index (κ2) is 6.69. The molecule has 17 heavy (non-hydrogen) atoms. The molecule has 1 aliphatic heterocycles. The van der Waals surface area contributed by atoms with Crippen molar-refractivity contribution in [2.75, 3.05) is 40.4 Å². The van der Waals surface area contributed by atoms with Crippen LogP contribution in [0, 0.1) is 0 Å². The van der Waals surface area contributed by atoms with E-state index in [0.29, 0.717) is 12.2 Å². The lowest BCUT2D eigenvalue weighted by Gasteiger charge is -2.17. The molecule has 1 N–H and O–H groups in total. The molecule has 2 fully saturated rings. The van der Waals surface area contributed by atoms with Crippen LogP contribution in [0.15, 0.2) is 0 Å². The van der Waals surface area contributed by atoms with Crippen molar-refractivity contribution in [3.05, 3.63) is 0 Å². The molecule has 2 atom stereocenters. The van der Waals surface area contributed by atoms with E-state index in [-0.39, 0.29) is 0 Å². The van der Waals surface area contributed by atoms with E-state index in [4.69, 9.17) is 9.47 Å². The Labute approximate surface area is 105 Å². The second-order valence-electron chi connectivity index (χ2n) is 5.30. The molecule has 1 saturated carbocycles. The molecule has 1 aliphatic carbocycles. The Morgan fingerprint density at radius 2 is 2.00 bits per heavy atom. The van der Waals surface area contributed by atoms with Gasteiger partial charge in [-0.1, -0.05) is 0 Å². The minimum atomic E-state index is 0.319. The van der Waals surface area contributed by atoms with Gasteiger partial charge in [0.05, 0.1) is 25.4 Å². The number of likely N-dealkylation sites (N-methyl/N-ethyl adjacent to an activating group) is 2. The average molecular weight is 242 g/mol. The fraction of sp³-hybridized carbons (Fsp3) is 1.00. The van der Waals surface area contributed by atoms with Gasteiger partial charge in [-0.15, -0.1) is 0 Å². The maximum Gasteiger partial charge on any atom is 0.0813 e. The van der Waals surface area contributed by atoms with Gasteiger partial charge >= 0.3 is 0 Å². The summed E-state index contributed by atoms with van der Waals surface area (Å²) < 4.78 is 11.6. The zero-order valence-electron chi connectivity index (χ0n) is 11.2. The summed E-state index contributed by atoms with van der Waals surface area (Å²) >= 11 is 0. The fourth-order valence-corrected chi connectivity index (χ4v) is 2.40. The monoisotopic (exact) mass is 242 g/mol. The van der Waals surface area contributed by atoms with E-state index in [9.17, 15) is 0 Å². The molecule has 0 aromatic heterocycles. The van der Waals surface area contributed by atoms with Gasteiger partial charge in [-0.05, 0) is 39.8 Å². The molecule has 4 nitrogen and oxygen atoms in total. The molecule has 2 unspecified atom stereocenters. The molecule has 2 rings (SSSR count). The molecular weight excluding hydrogens is 216 g/mol. The van der Waals surface area contributed by atoms with E-state index < -0.39 is 0 Å². The van der Waals surface area contributed by atoms with Crippen LogP contribution < -0.4 is 5.32 Å². The van der Waals surface area contributed by atoms with Crippen LogP contribution in [0.3, 0.4) is 0 Å². The molecule has 100 valence electrons. The first kappa shape index (κ1) is 13.3. The minimum Gasteiger partial charge on any atom is -0.377 e. The van der Waals surface area contributed by atoms with Crippen molar-refractivity contribution in [2.45, 2.75) is 43.9 Å². The van der Waals surface area contributed by atoms with Gasteiger partial charge in [-0.3, -0.25) is 0 Å². The van der Waals surface area contributed by atoms with Crippen LogP contribution >= 0.6 is 0 Å². The first-order valence-corrected chi connectivity index (χ1v) is 6.87. The van der Waals surface area contributed by atoms with Crippen LogP contribution in [0.25, 0.3) is 0 Å². The molecule has 0 aromatic rings. The smallest absolute Gasteiger partial charge is 0.0813 e. The van der Waals surface area contributed by atoms with Gasteiger partial charge in [0.25, 0.3) is 0 Å². The molecule has 4 heteroatoms. The quantitative estimate of drug-likeness (QED) is 0.640. The van der Waals surface area contributed by atoms with Crippen molar-refractivity contribution in [1.29, 1.82) is 0 Å². The van der Waals surface area contributed by atoms with Gasteiger partial charge < -0.3 is 19.7 Å². The molecule has 0 radical (unpaired) electrons. The number of nitrogens with zero attached hydrogens (tertiary/aromatic N) is 1. The van der Waals surface area contributed by atoms with Crippen LogP contribution in [0.5, 0.6) is 0 Å². The summed E-state index contributed by atoms with van der Waals surface area (Å²) in [5.74, 6) is 0. The van der Waals surface area contributed by atoms with E-state index in [1.807, 2.05) is 7.05 Å². The zero-order valence-corrected chi connectivity index (χ0v) is 11.2. The molecular formula is C13H26N2O2. The van der Waals surface area contributed by atoms with Crippen LogP contribution in [0.1, 0.15) is 25.7 Å². The van der Waals surface area contributed by atoms with E-state index in [0.717, 1.165) is 45.2 Å².